The fourth-order valence-electron chi connectivity index (χ4n) is 1.14. The van der Waals surface area contributed by atoms with Crippen molar-refractivity contribution < 1.29 is 9.53 Å². The van der Waals surface area contributed by atoms with Gasteiger partial charge in [0.25, 0.3) is 5.91 Å². The molecule has 5 heteroatoms. The van der Waals surface area contributed by atoms with E-state index in [-0.39, 0.29) is 12.5 Å². The van der Waals surface area contributed by atoms with Crippen LogP contribution in [0, 0.1) is 0 Å². The fourth-order valence-corrected chi connectivity index (χ4v) is 1.26. The van der Waals surface area contributed by atoms with E-state index in [2.05, 4.69) is 5.32 Å². The van der Waals surface area contributed by atoms with Crippen molar-refractivity contribution in [2.45, 2.75) is 6.92 Å². The SMILES string of the molecule is CCNC(=O)COc1cccc(C(N)=S)c1. The van der Waals surface area contributed by atoms with Crippen molar-refractivity contribution >= 4 is 23.1 Å². The standard InChI is InChI=1S/C11H14N2O2S/c1-2-13-10(14)7-15-9-5-3-4-8(6-9)11(12)16/h3-6H,2,7H2,1H3,(H2,12,16)(H,13,14). The number of amides is 1. The van der Waals surface area contributed by atoms with Crippen molar-refractivity contribution in [2.24, 2.45) is 5.73 Å². The van der Waals surface area contributed by atoms with E-state index >= 15 is 0 Å². The highest BCUT2D eigenvalue weighted by Crippen LogP contribution is 2.12. The van der Waals surface area contributed by atoms with Gasteiger partial charge in [-0.2, -0.15) is 0 Å². The molecular formula is C11H14N2O2S. The van der Waals surface area contributed by atoms with Crippen molar-refractivity contribution in [3.05, 3.63) is 29.8 Å². The third-order valence-electron chi connectivity index (χ3n) is 1.86. The van der Waals surface area contributed by atoms with E-state index in [1.807, 2.05) is 6.92 Å². The summed E-state index contributed by atoms with van der Waals surface area (Å²) >= 11 is 4.84. The van der Waals surface area contributed by atoms with Gasteiger partial charge in [0, 0.05) is 12.1 Å². The highest BCUT2D eigenvalue weighted by molar-refractivity contribution is 7.80. The third kappa shape index (κ3) is 3.86. The second-order valence-corrected chi connectivity index (χ2v) is 3.57. The summed E-state index contributed by atoms with van der Waals surface area (Å²) in [5.74, 6) is 0.430. The molecule has 0 radical (unpaired) electrons. The van der Waals surface area contributed by atoms with Gasteiger partial charge in [-0.05, 0) is 19.1 Å². The minimum absolute atomic E-state index is 0.00533. The first kappa shape index (κ1) is 12.4. The van der Waals surface area contributed by atoms with Gasteiger partial charge in [0.2, 0.25) is 0 Å². The Kier molecular flexibility index (Phi) is 4.72. The van der Waals surface area contributed by atoms with Gasteiger partial charge in [0.15, 0.2) is 6.61 Å². The van der Waals surface area contributed by atoms with E-state index in [0.717, 1.165) is 5.56 Å². The van der Waals surface area contributed by atoms with Crippen LogP contribution in [0.15, 0.2) is 24.3 Å². The molecule has 1 amide bonds. The molecule has 0 fully saturated rings. The third-order valence-corrected chi connectivity index (χ3v) is 2.10. The van der Waals surface area contributed by atoms with Gasteiger partial charge in [-0.25, -0.2) is 0 Å². The van der Waals surface area contributed by atoms with E-state index in [0.29, 0.717) is 17.3 Å². The van der Waals surface area contributed by atoms with Gasteiger partial charge in [-0.15, -0.1) is 0 Å². The molecule has 0 bridgehead atoms. The summed E-state index contributed by atoms with van der Waals surface area (Å²) in [5, 5.41) is 2.64. The van der Waals surface area contributed by atoms with Crippen LogP contribution in [0.1, 0.15) is 12.5 Å². The number of benzene rings is 1. The van der Waals surface area contributed by atoms with Gasteiger partial charge < -0.3 is 15.8 Å². The zero-order valence-corrected chi connectivity index (χ0v) is 9.84. The Bertz CT molecular complexity index is 393. The number of ether oxygens (including phenoxy) is 1. The average molecular weight is 238 g/mol. The lowest BCUT2D eigenvalue weighted by Crippen LogP contribution is -2.28. The normalized spacial score (nSPS) is 9.56. The number of nitrogens with two attached hydrogens (primary N) is 1. The summed E-state index contributed by atoms with van der Waals surface area (Å²) in [5.41, 5.74) is 6.21. The first-order chi connectivity index (χ1) is 7.63. The lowest BCUT2D eigenvalue weighted by Gasteiger charge is -2.07. The molecule has 1 aromatic rings. The molecule has 1 aromatic carbocycles. The number of hydrogen-bond acceptors (Lipinski definition) is 3. The van der Waals surface area contributed by atoms with Crippen molar-refractivity contribution in [3.8, 4) is 5.75 Å². The molecule has 4 nitrogen and oxygen atoms in total. The highest BCUT2D eigenvalue weighted by atomic mass is 32.1. The van der Waals surface area contributed by atoms with Crippen molar-refractivity contribution in [1.29, 1.82) is 0 Å². The number of thiocarbonyl (C=S) groups is 1. The van der Waals surface area contributed by atoms with Gasteiger partial charge in [-0.3, -0.25) is 4.79 Å². The summed E-state index contributed by atoms with van der Waals surface area (Å²) in [7, 11) is 0. The van der Waals surface area contributed by atoms with Crippen LogP contribution in [0.4, 0.5) is 0 Å². The molecule has 0 atom stereocenters. The molecule has 0 heterocycles. The molecule has 1 rings (SSSR count). The molecule has 0 aliphatic heterocycles. The molecule has 3 N–H and O–H groups in total. The minimum atomic E-state index is -0.150. The number of nitrogens with one attached hydrogen (secondary N) is 1. The molecule has 0 aliphatic carbocycles. The van der Waals surface area contributed by atoms with Crippen LogP contribution in [0.2, 0.25) is 0 Å². The Morgan fingerprint density at radius 3 is 2.94 bits per heavy atom. The number of carbonyl (C=O) groups excluding carboxylic acids is 1. The summed E-state index contributed by atoms with van der Waals surface area (Å²) < 4.78 is 5.28. The first-order valence-electron chi connectivity index (χ1n) is 4.93. The molecule has 0 aliphatic rings. The maximum absolute atomic E-state index is 11.1. The topological polar surface area (TPSA) is 64.3 Å². The molecule has 0 spiro atoms. The predicted octanol–water partition coefficient (Wildman–Crippen LogP) is 0.836. The number of carbonyl (C=O) groups is 1. The monoisotopic (exact) mass is 238 g/mol. The van der Waals surface area contributed by atoms with E-state index in [1.54, 1.807) is 24.3 Å². The van der Waals surface area contributed by atoms with E-state index in [9.17, 15) is 4.79 Å². The molecule has 16 heavy (non-hydrogen) atoms. The molecule has 0 saturated carbocycles. The summed E-state index contributed by atoms with van der Waals surface area (Å²) in [4.78, 5) is 11.5. The number of rotatable bonds is 5. The molecule has 0 aromatic heterocycles. The van der Waals surface area contributed by atoms with Crippen molar-refractivity contribution in [2.75, 3.05) is 13.2 Å². The summed E-state index contributed by atoms with van der Waals surface area (Å²) in [6.07, 6.45) is 0. The summed E-state index contributed by atoms with van der Waals surface area (Å²) in [6.45, 7) is 2.44. The first-order valence-corrected chi connectivity index (χ1v) is 5.33. The Morgan fingerprint density at radius 1 is 1.56 bits per heavy atom. The molecular weight excluding hydrogens is 224 g/mol. The lowest BCUT2D eigenvalue weighted by molar-refractivity contribution is -0.122. The minimum Gasteiger partial charge on any atom is -0.484 e. The second-order valence-electron chi connectivity index (χ2n) is 3.13. The van der Waals surface area contributed by atoms with E-state index in [1.165, 1.54) is 0 Å². The van der Waals surface area contributed by atoms with Gasteiger partial charge >= 0.3 is 0 Å². The number of hydrogen-bond donors (Lipinski definition) is 2. The molecule has 0 unspecified atom stereocenters. The Morgan fingerprint density at radius 2 is 2.31 bits per heavy atom. The Labute approximate surface area is 99.8 Å². The van der Waals surface area contributed by atoms with Crippen molar-refractivity contribution in [3.63, 3.8) is 0 Å². The predicted molar refractivity (Wildman–Crippen MR) is 66.5 cm³/mol. The largest absolute Gasteiger partial charge is 0.484 e. The maximum Gasteiger partial charge on any atom is 0.257 e. The lowest BCUT2D eigenvalue weighted by atomic mass is 10.2. The number of likely N-dealkylation sites (N-methyl/N-ethyl adjacent to an activating group) is 1. The smallest absolute Gasteiger partial charge is 0.257 e. The zero-order valence-electron chi connectivity index (χ0n) is 9.03. The van der Waals surface area contributed by atoms with Gasteiger partial charge in [-0.1, -0.05) is 24.4 Å². The van der Waals surface area contributed by atoms with Crippen LogP contribution in [0.3, 0.4) is 0 Å². The molecule has 0 saturated heterocycles. The van der Waals surface area contributed by atoms with Crippen molar-refractivity contribution in [1.82, 2.24) is 5.32 Å². The quantitative estimate of drug-likeness (QED) is 0.746. The van der Waals surface area contributed by atoms with Crippen LogP contribution >= 0.6 is 12.2 Å². The Balaban J connectivity index is 2.57. The van der Waals surface area contributed by atoms with E-state index < -0.39 is 0 Å². The average Bonchev–Trinajstić information content (AvgIpc) is 2.27. The van der Waals surface area contributed by atoms with Crippen LogP contribution in [-0.2, 0) is 4.79 Å². The fraction of sp³-hybridized carbons (Fsp3) is 0.273. The molecule has 86 valence electrons. The highest BCUT2D eigenvalue weighted by Gasteiger charge is 2.02. The maximum atomic E-state index is 11.1. The van der Waals surface area contributed by atoms with Gasteiger partial charge in [0.05, 0.1) is 0 Å². The van der Waals surface area contributed by atoms with Crippen LogP contribution < -0.4 is 15.8 Å². The van der Waals surface area contributed by atoms with E-state index in [4.69, 9.17) is 22.7 Å². The van der Waals surface area contributed by atoms with Crippen LogP contribution in [0.25, 0.3) is 0 Å². The van der Waals surface area contributed by atoms with Crippen LogP contribution in [-0.4, -0.2) is 24.0 Å². The van der Waals surface area contributed by atoms with Gasteiger partial charge in [0.1, 0.15) is 10.7 Å². The van der Waals surface area contributed by atoms with Crippen LogP contribution in [0.5, 0.6) is 5.75 Å². The second kappa shape index (κ2) is 6.07. The Hall–Kier alpha value is -1.62. The summed E-state index contributed by atoms with van der Waals surface area (Å²) in [6, 6.07) is 7.03. The zero-order chi connectivity index (χ0) is 12.0.